The van der Waals surface area contributed by atoms with Gasteiger partial charge in [-0.25, -0.2) is 0 Å². The number of hydrogen-bond donors (Lipinski definition) is 1. The minimum absolute atomic E-state index is 0.212. The van der Waals surface area contributed by atoms with Crippen LogP contribution in [-0.2, 0) is 6.42 Å². The number of fused-ring (bicyclic) bond motifs is 1. The highest BCUT2D eigenvalue weighted by molar-refractivity contribution is 5.29. The van der Waals surface area contributed by atoms with Gasteiger partial charge in [-0.1, -0.05) is 0 Å². The van der Waals surface area contributed by atoms with E-state index >= 15 is 0 Å². The van der Waals surface area contributed by atoms with Gasteiger partial charge in [-0.05, 0) is 49.9 Å². The molecule has 3 heteroatoms. The summed E-state index contributed by atoms with van der Waals surface area (Å²) < 4.78 is 7.78. The van der Waals surface area contributed by atoms with Crippen molar-refractivity contribution in [1.82, 2.24) is 4.57 Å². The first kappa shape index (κ1) is 10.7. The maximum atomic E-state index is 6.14. The smallest absolute Gasteiger partial charge is 0.126 e. The lowest BCUT2D eigenvalue weighted by Gasteiger charge is -2.23. The zero-order valence-electron chi connectivity index (χ0n) is 10.1. The van der Waals surface area contributed by atoms with E-state index in [9.17, 15) is 0 Å². The lowest BCUT2D eigenvalue weighted by Crippen LogP contribution is -2.19. The van der Waals surface area contributed by atoms with Crippen LogP contribution in [0.25, 0.3) is 0 Å². The summed E-state index contributed by atoms with van der Waals surface area (Å²) in [6.45, 7) is 2.17. The quantitative estimate of drug-likeness (QED) is 0.861. The molecule has 2 atom stereocenters. The molecule has 1 aliphatic rings. The van der Waals surface area contributed by atoms with E-state index in [1.54, 1.807) is 6.26 Å². The van der Waals surface area contributed by atoms with Crippen LogP contribution in [0.4, 0.5) is 0 Å². The molecular weight excluding hydrogens is 212 g/mol. The van der Waals surface area contributed by atoms with Gasteiger partial charge >= 0.3 is 0 Å². The second-order valence-corrected chi connectivity index (χ2v) is 4.82. The molecule has 1 aliphatic carbocycles. The number of rotatable bonds is 2. The van der Waals surface area contributed by atoms with Gasteiger partial charge in [0.2, 0.25) is 0 Å². The van der Waals surface area contributed by atoms with Crippen molar-refractivity contribution in [3.8, 4) is 0 Å². The Labute approximate surface area is 101 Å². The van der Waals surface area contributed by atoms with Crippen LogP contribution in [-0.4, -0.2) is 4.57 Å². The molecule has 3 rings (SSSR count). The summed E-state index contributed by atoms with van der Waals surface area (Å²) in [5.41, 5.74) is 8.84. The Morgan fingerprint density at radius 2 is 2.35 bits per heavy atom. The highest BCUT2D eigenvalue weighted by Gasteiger charge is 2.23. The zero-order valence-corrected chi connectivity index (χ0v) is 10.1. The van der Waals surface area contributed by atoms with Crippen LogP contribution < -0.4 is 5.73 Å². The molecular formula is C14H18N2O. The van der Waals surface area contributed by atoms with Crippen molar-refractivity contribution >= 4 is 0 Å². The fourth-order valence-corrected chi connectivity index (χ4v) is 2.78. The van der Waals surface area contributed by atoms with Gasteiger partial charge in [-0.3, -0.25) is 0 Å². The Bertz CT molecular complexity index is 498. The third-order valence-corrected chi connectivity index (χ3v) is 3.76. The Kier molecular flexibility index (Phi) is 2.56. The van der Waals surface area contributed by atoms with Gasteiger partial charge in [0.1, 0.15) is 5.76 Å². The Hall–Kier alpha value is -1.48. The van der Waals surface area contributed by atoms with Crippen LogP contribution in [0, 0.1) is 0 Å². The largest absolute Gasteiger partial charge is 0.467 e. The van der Waals surface area contributed by atoms with Crippen molar-refractivity contribution in [1.29, 1.82) is 0 Å². The molecule has 2 aromatic heterocycles. The standard InChI is InChI=1S/C14H18N2O/c1-10(14-6-3-9-17-14)16-8-7-11-12(15)4-2-5-13(11)16/h3,6-10,12H,2,4-5,15H2,1H3. The summed E-state index contributed by atoms with van der Waals surface area (Å²) in [6, 6.07) is 6.59. The van der Waals surface area contributed by atoms with Gasteiger partial charge in [-0.2, -0.15) is 0 Å². The van der Waals surface area contributed by atoms with Gasteiger partial charge in [-0.15, -0.1) is 0 Å². The molecule has 0 aromatic carbocycles. The molecule has 2 heterocycles. The average molecular weight is 230 g/mol. The van der Waals surface area contributed by atoms with Crippen LogP contribution in [0.5, 0.6) is 0 Å². The third-order valence-electron chi connectivity index (χ3n) is 3.76. The topological polar surface area (TPSA) is 44.1 Å². The molecule has 0 saturated heterocycles. The molecule has 2 aromatic rings. The van der Waals surface area contributed by atoms with E-state index in [1.165, 1.54) is 17.7 Å². The van der Waals surface area contributed by atoms with E-state index in [0.717, 1.165) is 18.6 Å². The normalized spacial score (nSPS) is 21.2. The molecule has 0 amide bonds. The number of nitrogens with zero attached hydrogens (tertiary/aromatic N) is 1. The van der Waals surface area contributed by atoms with Gasteiger partial charge in [0.25, 0.3) is 0 Å². The van der Waals surface area contributed by atoms with Crippen LogP contribution in [0.1, 0.15) is 48.9 Å². The molecule has 0 radical (unpaired) electrons. The van der Waals surface area contributed by atoms with Crippen molar-refractivity contribution < 1.29 is 4.42 Å². The molecule has 0 spiro atoms. The second-order valence-electron chi connectivity index (χ2n) is 4.82. The molecule has 3 nitrogen and oxygen atoms in total. The fourth-order valence-electron chi connectivity index (χ4n) is 2.78. The third kappa shape index (κ3) is 1.71. The van der Waals surface area contributed by atoms with E-state index in [2.05, 4.69) is 23.8 Å². The molecule has 0 bridgehead atoms. The average Bonchev–Trinajstić information content (AvgIpc) is 2.98. The van der Waals surface area contributed by atoms with Gasteiger partial charge < -0.3 is 14.7 Å². The number of furan rings is 1. The molecule has 0 aliphatic heterocycles. The summed E-state index contributed by atoms with van der Waals surface area (Å²) in [6.07, 6.45) is 7.28. The van der Waals surface area contributed by atoms with Crippen molar-refractivity contribution in [2.75, 3.05) is 0 Å². The Morgan fingerprint density at radius 1 is 1.47 bits per heavy atom. The number of hydrogen-bond acceptors (Lipinski definition) is 2. The summed E-state index contributed by atoms with van der Waals surface area (Å²) in [5, 5.41) is 0. The first-order valence-electron chi connectivity index (χ1n) is 6.26. The zero-order chi connectivity index (χ0) is 11.8. The summed E-state index contributed by atoms with van der Waals surface area (Å²) in [5.74, 6) is 1.00. The summed E-state index contributed by atoms with van der Waals surface area (Å²) in [4.78, 5) is 0. The van der Waals surface area contributed by atoms with Crippen molar-refractivity contribution in [3.05, 3.63) is 47.7 Å². The van der Waals surface area contributed by atoms with Gasteiger partial charge in [0.05, 0.1) is 12.3 Å². The predicted molar refractivity (Wildman–Crippen MR) is 66.8 cm³/mol. The Balaban J connectivity index is 1.99. The van der Waals surface area contributed by atoms with Crippen LogP contribution in [0.3, 0.4) is 0 Å². The predicted octanol–water partition coefficient (Wildman–Crippen LogP) is 3.03. The van der Waals surface area contributed by atoms with Crippen LogP contribution >= 0.6 is 0 Å². The molecule has 0 saturated carbocycles. The van der Waals surface area contributed by atoms with Crippen molar-refractivity contribution in [3.63, 3.8) is 0 Å². The summed E-state index contributed by atoms with van der Waals surface area (Å²) >= 11 is 0. The lowest BCUT2D eigenvalue weighted by molar-refractivity contribution is 0.433. The second kappa shape index (κ2) is 4.08. The highest BCUT2D eigenvalue weighted by Crippen LogP contribution is 2.32. The van der Waals surface area contributed by atoms with E-state index in [0.29, 0.717) is 0 Å². The van der Waals surface area contributed by atoms with E-state index in [4.69, 9.17) is 10.2 Å². The molecule has 0 fully saturated rings. The first-order valence-corrected chi connectivity index (χ1v) is 6.26. The summed E-state index contributed by atoms with van der Waals surface area (Å²) in [7, 11) is 0. The molecule has 2 N–H and O–H groups in total. The first-order chi connectivity index (χ1) is 8.27. The van der Waals surface area contributed by atoms with Gasteiger partial charge in [0, 0.05) is 17.9 Å². The van der Waals surface area contributed by atoms with Gasteiger partial charge in [0.15, 0.2) is 0 Å². The SMILES string of the molecule is CC(c1ccco1)n1ccc2c1CCCC2N. The fraction of sp³-hybridized carbons (Fsp3) is 0.429. The van der Waals surface area contributed by atoms with E-state index in [-0.39, 0.29) is 12.1 Å². The number of aromatic nitrogens is 1. The number of nitrogens with two attached hydrogens (primary N) is 1. The van der Waals surface area contributed by atoms with Crippen molar-refractivity contribution in [2.24, 2.45) is 5.73 Å². The van der Waals surface area contributed by atoms with E-state index in [1.807, 2.05) is 12.1 Å². The maximum Gasteiger partial charge on any atom is 0.126 e. The molecule has 90 valence electrons. The highest BCUT2D eigenvalue weighted by atomic mass is 16.3. The van der Waals surface area contributed by atoms with Crippen LogP contribution in [0.15, 0.2) is 35.1 Å². The molecule has 2 unspecified atom stereocenters. The minimum atomic E-state index is 0.212. The minimum Gasteiger partial charge on any atom is -0.467 e. The lowest BCUT2D eigenvalue weighted by atomic mass is 9.93. The van der Waals surface area contributed by atoms with E-state index < -0.39 is 0 Å². The van der Waals surface area contributed by atoms with Crippen LogP contribution in [0.2, 0.25) is 0 Å². The van der Waals surface area contributed by atoms with Crippen molar-refractivity contribution in [2.45, 2.75) is 38.3 Å². The molecule has 17 heavy (non-hydrogen) atoms. The monoisotopic (exact) mass is 230 g/mol. The maximum absolute atomic E-state index is 6.14. The Morgan fingerprint density at radius 3 is 3.12 bits per heavy atom.